The Morgan fingerprint density at radius 1 is 0.909 bits per heavy atom. The van der Waals surface area contributed by atoms with Crippen LogP contribution in [-0.2, 0) is 13.1 Å². The topological polar surface area (TPSA) is 46.0 Å². The van der Waals surface area contributed by atoms with Gasteiger partial charge in [-0.05, 0) is 67.0 Å². The zero-order valence-corrected chi connectivity index (χ0v) is 19.7. The van der Waals surface area contributed by atoms with Crippen LogP contribution in [0.5, 0.6) is 0 Å². The number of nitrogens with one attached hydrogen (secondary N) is 1. The summed E-state index contributed by atoms with van der Waals surface area (Å²) in [6.07, 6.45) is 5.60. The molecule has 2 atom stereocenters. The minimum absolute atomic E-state index is 0.0187. The van der Waals surface area contributed by atoms with E-state index >= 15 is 0 Å². The van der Waals surface area contributed by atoms with Crippen molar-refractivity contribution in [3.8, 4) is 0 Å². The minimum Gasteiger partial charge on any atom is -0.352 e. The molecule has 1 aliphatic heterocycles. The third-order valence-electron chi connectivity index (χ3n) is 6.39. The van der Waals surface area contributed by atoms with Gasteiger partial charge in [0, 0.05) is 43.1 Å². The molecule has 0 saturated carbocycles. The van der Waals surface area contributed by atoms with Crippen molar-refractivity contribution >= 4 is 17.3 Å². The molecular formula is C27H27N5S. The molecule has 1 fully saturated rings. The molecule has 4 aromatic rings. The molecule has 0 amide bonds. The summed E-state index contributed by atoms with van der Waals surface area (Å²) >= 11 is 5.85. The van der Waals surface area contributed by atoms with Gasteiger partial charge in [0.25, 0.3) is 0 Å². The smallest absolute Gasteiger partial charge is 0.170 e. The maximum absolute atomic E-state index is 5.85. The molecule has 4 heterocycles. The third-order valence-corrected chi connectivity index (χ3v) is 6.74. The summed E-state index contributed by atoms with van der Waals surface area (Å²) in [5, 5.41) is 4.33. The van der Waals surface area contributed by atoms with Gasteiger partial charge in [0.15, 0.2) is 5.11 Å². The van der Waals surface area contributed by atoms with E-state index in [0.29, 0.717) is 0 Å². The van der Waals surface area contributed by atoms with Crippen molar-refractivity contribution in [2.45, 2.75) is 39.0 Å². The maximum Gasteiger partial charge on any atom is 0.170 e. The number of nitrogens with zero attached hydrogens (tertiary/aromatic N) is 4. The van der Waals surface area contributed by atoms with E-state index in [9.17, 15) is 0 Å². The van der Waals surface area contributed by atoms with E-state index in [-0.39, 0.29) is 12.1 Å². The Kier molecular flexibility index (Phi) is 5.92. The molecule has 0 bridgehead atoms. The molecule has 33 heavy (non-hydrogen) atoms. The molecule has 1 N–H and O–H groups in total. The Morgan fingerprint density at radius 3 is 2.42 bits per heavy atom. The monoisotopic (exact) mass is 453 g/mol. The van der Waals surface area contributed by atoms with Crippen LogP contribution in [0.15, 0.2) is 85.3 Å². The van der Waals surface area contributed by atoms with E-state index in [2.05, 4.69) is 81.1 Å². The molecule has 0 spiro atoms. The number of hydrogen-bond donors (Lipinski definition) is 1. The van der Waals surface area contributed by atoms with Gasteiger partial charge in [-0.3, -0.25) is 9.97 Å². The summed E-state index contributed by atoms with van der Waals surface area (Å²) in [7, 11) is 0. The molecule has 166 valence electrons. The molecule has 0 aliphatic carbocycles. The van der Waals surface area contributed by atoms with Crippen molar-refractivity contribution in [1.82, 2.24) is 24.8 Å². The Labute approximate surface area is 200 Å². The Morgan fingerprint density at radius 2 is 1.70 bits per heavy atom. The molecule has 0 unspecified atom stereocenters. The van der Waals surface area contributed by atoms with E-state index in [0.717, 1.165) is 23.9 Å². The van der Waals surface area contributed by atoms with Gasteiger partial charge >= 0.3 is 0 Å². The molecule has 0 radical (unpaired) electrons. The van der Waals surface area contributed by atoms with Crippen LogP contribution in [0.2, 0.25) is 0 Å². The third kappa shape index (κ3) is 4.26. The van der Waals surface area contributed by atoms with Crippen molar-refractivity contribution in [3.05, 3.63) is 119 Å². The van der Waals surface area contributed by atoms with Gasteiger partial charge < -0.3 is 14.8 Å². The predicted octanol–water partition coefficient (Wildman–Crippen LogP) is 5.12. The van der Waals surface area contributed by atoms with Crippen molar-refractivity contribution in [2.75, 3.05) is 0 Å². The minimum atomic E-state index is -0.0187. The highest BCUT2D eigenvalue weighted by atomic mass is 32.1. The van der Waals surface area contributed by atoms with Gasteiger partial charge in [0.2, 0.25) is 0 Å². The molecule has 6 heteroatoms. The standard InChI is InChI=1S/C27H27N5S/c1-19-15-23(20(2)31(19)18-22-11-8-13-28-16-22)26-25(24-12-6-7-14-29-24)30-27(33)32(26)17-21-9-4-3-5-10-21/h3-16,25-26H,17-18H2,1-2H3,(H,30,33)/t25-,26+/m0/s1. The van der Waals surface area contributed by atoms with Crippen LogP contribution in [-0.4, -0.2) is 24.5 Å². The number of thiocarbonyl (C=S) groups is 1. The first kappa shape index (κ1) is 21.3. The van der Waals surface area contributed by atoms with Crippen LogP contribution in [0.1, 0.15) is 45.9 Å². The number of pyridine rings is 2. The quantitative estimate of drug-likeness (QED) is 0.411. The van der Waals surface area contributed by atoms with Crippen LogP contribution >= 0.6 is 12.2 Å². The van der Waals surface area contributed by atoms with Gasteiger partial charge in [0.05, 0.1) is 17.8 Å². The van der Waals surface area contributed by atoms with E-state index in [1.807, 2.05) is 42.9 Å². The lowest BCUT2D eigenvalue weighted by atomic mass is 9.96. The molecule has 3 aromatic heterocycles. The van der Waals surface area contributed by atoms with E-state index in [1.54, 1.807) is 0 Å². The van der Waals surface area contributed by atoms with E-state index in [4.69, 9.17) is 12.2 Å². The van der Waals surface area contributed by atoms with Crippen molar-refractivity contribution in [2.24, 2.45) is 0 Å². The highest BCUT2D eigenvalue weighted by Crippen LogP contribution is 2.41. The van der Waals surface area contributed by atoms with Crippen molar-refractivity contribution in [1.29, 1.82) is 0 Å². The van der Waals surface area contributed by atoms with Crippen molar-refractivity contribution in [3.63, 3.8) is 0 Å². The Hall–Kier alpha value is -3.51. The summed E-state index contributed by atoms with van der Waals surface area (Å²) < 4.78 is 2.36. The van der Waals surface area contributed by atoms with Gasteiger partial charge in [-0.2, -0.15) is 0 Å². The van der Waals surface area contributed by atoms with E-state index < -0.39 is 0 Å². The summed E-state index contributed by atoms with van der Waals surface area (Å²) in [5.41, 5.74) is 7.16. The summed E-state index contributed by atoms with van der Waals surface area (Å²) in [6, 6.07) is 23.0. The van der Waals surface area contributed by atoms with Gasteiger partial charge in [-0.15, -0.1) is 0 Å². The second-order valence-corrected chi connectivity index (χ2v) is 8.90. The maximum atomic E-state index is 5.85. The second kappa shape index (κ2) is 9.16. The van der Waals surface area contributed by atoms with Crippen LogP contribution in [0, 0.1) is 13.8 Å². The van der Waals surface area contributed by atoms with Crippen LogP contribution in [0.25, 0.3) is 0 Å². The van der Waals surface area contributed by atoms with Gasteiger partial charge in [0.1, 0.15) is 0 Å². The first-order valence-electron chi connectivity index (χ1n) is 11.2. The molecule has 1 saturated heterocycles. The van der Waals surface area contributed by atoms with Crippen LogP contribution in [0.3, 0.4) is 0 Å². The predicted molar refractivity (Wildman–Crippen MR) is 135 cm³/mol. The summed E-state index contributed by atoms with van der Waals surface area (Å²) in [4.78, 5) is 11.3. The summed E-state index contributed by atoms with van der Waals surface area (Å²) in [5.74, 6) is 0. The number of aryl methyl sites for hydroxylation is 1. The molecule has 5 rings (SSSR count). The fraction of sp³-hybridized carbons (Fsp3) is 0.222. The SMILES string of the molecule is Cc1cc([C@@H]2[C@H](c3ccccn3)NC(=S)N2Cc2ccccc2)c(C)n1Cc1cccnc1. The van der Waals surface area contributed by atoms with Crippen LogP contribution in [0.4, 0.5) is 0 Å². The molecule has 5 nitrogen and oxygen atoms in total. The largest absolute Gasteiger partial charge is 0.352 e. The normalized spacial score (nSPS) is 17.9. The lowest BCUT2D eigenvalue weighted by Gasteiger charge is -2.28. The number of rotatable bonds is 6. The Bertz CT molecular complexity index is 1240. The highest BCUT2D eigenvalue weighted by molar-refractivity contribution is 7.80. The van der Waals surface area contributed by atoms with Gasteiger partial charge in [-0.25, -0.2) is 0 Å². The molecular weight excluding hydrogens is 426 g/mol. The second-order valence-electron chi connectivity index (χ2n) is 8.51. The van der Waals surface area contributed by atoms with Crippen molar-refractivity contribution < 1.29 is 0 Å². The fourth-order valence-corrected chi connectivity index (χ4v) is 5.04. The molecule has 1 aromatic carbocycles. The fourth-order valence-electron chi connectivity index (χ4n) is 4.74. The zero-order valence-electron chi connectivity index (χ0n) is 18.8. The lowest BCUT2D eigenvalue weighted by molar-refractivity contribution is 0.310. The summed E-state index contributed by atoms with van der Waals surface area (Å²) in [6.45, 7) is 5.91. The number of aromatic nitrogens is 3. The number of benzene rings is 1. The average molecular weight is 454 g/mol. The Balaban J connectivity index is 1.56. The highest BCUT2D eigenvalue weighted by Gasteiger charge is 2.41. The molecule has 1 aliphatic rings. The first-order valence-corrected chi connectivity index (χ1v) is 11.6. The lowest BCUT2D eigenvalue weighted by Crippen LogP contribution is -2.29. The average Bonchev–Trinajstić information content (AvgIpc) is 3.31. The number of hydrogen-bond acceptors (Lipinski definition) is 3. The zero-order chi connectivity index (χ0) is 22.8. The van der Waals surface area contributed by atoms with E-state index in [1.165, 1.54) is 28.1 Å². The van der Waals surface area contributed by atoms with Gasteiger partial charge in [-0.1, -0.05) is 42.5 Å². The first-order chi connectivity index (χ1) is 16.1. The van der Waals surface area contributed by atoms with Crippen LogP contribution < -0.4 is 5.32 Å².